The number of aliphatic hydroxyl groups excluding tert-OH is 1. The molecular weight excluding hydrogens is 338 g/mol. The summed E-state index contributed by atoms with van der Waals surface area (Å²) in [6.45, 7) is 4.08. The summed E-state index contributed by atoms with van der Waals surface area (Å²) < 4.78 is 21.6. The first-order chi connectivity index (χ1) is 12.4. The third-order valence-corrected chi connectivity index (χ3v) is 3.97. The minimum atomic E-state index is -0.911. The molecule has 1 aliphatic heterocycles. The summed E-state index contributed by atoms with van der Waals surface area (Å²) in [5.41, 5.74) is 1.52. The molecule has 2 N–H and O–H groups in total. The molecule has 1 heterocycles. The second-order valence-corrected chi connectivity index (χ2v) is 6.51. The quantitative estimate of drug-likeness (QED) is 0.531. The van der Waals surface area contributed by atoms with Crippen LogP contribution in [0.4, 0.5) is 0 Å². The van der Waals surface area contributed by atoms with Gasteiger partial charge in [-0.25, -0.2) is 4.79 Å². The number of nitrogens with one attached hydrogen (secondary N) is 1. The van der Waals surface area contributed by atoms with E-state index in [1.54, 1.807) is 13.8 Å². The monoisotopic (exact) mass is 365 g/mol. The Hall–Kier alpha value is -1.93. The van der Waals surface area contributed by atoms with E-state index < -0.39 is 30.1 Å². The van der Waals surface area contributed by atoms with E-state index in [0.29, 0.717) is 12.2 Å². The molecule has 0 aliphatic carbocycles. The molecule has 1 aromatic rings. The largest absolute Gasteiger partial charge is 0.466 e. The zero-order chi connectivity index (χ0) is 19.2. The SMILES string of the molecule is COC[C@@H](O)[C@H]1OC(C)(C)O[C@H]1/C(=C/C(=O)OC)NCc1ccccc1. The molecule has 1 aliphatic rings. The maximum absolute atomic E-state index is 11.8. The Bertz CT molecular complexity index is 616. The molecule has 3 atom stereocenters. The van der Waals surface area contributed by atoms with Crippen molar-refractivity contribution >= 4 is 5.97 Å². The molecule has 7 nitrogen and oxygen atoms in total. The minimum Gasteiger partial charge on any atom is -0.466 e. The van der Waals surface area contributed by atoms with Gasteiger partial charge in [-0.3, -0.25) is 0 Å². The normalized spacial score (nSPS) is 23.5. The first kappa shape index (κ1) is 20.4. The highest BCUT2D eigenvalue weighted by Crippen LogP contribution is 2.33. The van der Waals surface area contributed by atoms with E-state index >= 15 is 0 Å². The van der Waals surface area contributed by atoms with E-state index in [9.17, 15) is 9.90 Å². The van der Waals surface area contributed by atoms with Crippen LogP contribution in [0.1, 0.15) is 19.4 Å². The van der Waals surface area contributed by atoms with Crippen molar-refractivity contribution in [3.8, 4) is 0 Å². The van der Waals surface area contributed by atoms with Gasteiger partial charge in [0.15, 0.2) is 5.79 Å². The van der Waals surface area contributed by atoms with E-state index in [1.807, 2.05) is 30.3 Å². The summed E-state index contributed by atoms with van der Waals surface area (Å²) in [7, 11) is 2.80. The minimum absolute atomic E-state index is 0.0881. The fourth-order valence-corrected chi connectivity index (χ4v) is 2.80. The van der Waals surface area contributed by atoms with Crippen molar-refractivity contribution < 1.29 is 28.8 Å². The Balaban J connectivity index is 2.23. The van der Waals surface area contributed by atoms with Gasteiger partial charge in [-0.2, -0.15) is 0 Å². The molecule has 1 fully saturated rings. The molecule has 0 saturated carbocycles. The Labute approximate surface area is 153 Å². The summed E-state index contributed by atoms with van der Waals surface area (Å²) in [5.74, 6) is -1.43. The first-order valence-corrected chi connectivity index (χ1v) is 8.46. The van der Waals surface area contributed by atoms with Crippen molar-refractivity contribution in [2.24, 2.45) is 0 Å². The van der Waals surface area contributed by atoms with Gasteiger partial charge in [-0.05, 0) is 19.4 Å². The zero-order valence-electron chi connectivity index (χ0n) is 15.6. The molecule has 1 aromatic carbocycles. The maximum Gasteiger partial charge on any atom is 0.332 e. The average Bonchev–Trinajstić information content (AvgIpc) is 2.95. The second kappa shape index (κ2) is 9.14. The molecule has 0 spiro atoms. The molecule has 0 radical (unpaired) electrons. The predicted octanol–water partition coefficient (Wildman–Crippen LogP) is 1.36. The van der Waals surface area contributed by atoms with Gasteiger partial charge in [-0.1, -0.05) is 30.3 Å². The van der Waals surface area contributed by atoms with Crippen molar-refractivity contribution in [3.63, 3.8) is 0 Å². The van der Waals surface area contributed by atoms with Crippen LogP contribution < -0.4 is 5.32 Å². The fraction of sp³-hybridized carbons (Fsp3) is 0.526. The van der Waals surface area contributed by atoms with Gasteiger partial charge in [0.05, 0.1) is 19.4 Å². The molecule has 0 unspecified atom stereocenters. The van der Waals surface area contributed by atoms with Crippen LogP contribution >= 0.6 is 0 Å². The van der Waals surface area contributed by atoms with Crippen LogP contribution in [-0.2, 0) is 30.3 Å². The van der Waals surface area contributed by atoms with Gasteiger partial charge in [0.2, 0.25) is 0 Å². The van der Waals surface area contributed by atoms with Crippen LogP contribution in [0.25, 0.3) is 0 Å². The molecule has 144 valence electrons. The van der Waals surface area contributed by atoms with Gasteiger partial charge < -0.3 is 29.4 Å². The highest BCUT2D eigenvalue weighted by atomic mass is 16.8. The Morgan fingerprint density at radius 1 is 1.31 bits per heavy atom. The lowest BCUT2D eigenvalue weighted by Crippen LogP contribution is -2.42. The second-order valence-electron chi connectivity index (χ2n) is 6.51. The summed E-state index contributed by atoms with van der Waals surface area (Å²) in [5, 5.41) is 13.6. The van der Waals surface area contributed by atoms with Gasteiger partial charge in [-0.15, -0.1) is 0 Å². The van der Waals surface area contributed by atoms with Crippen LogP contribution in [0.15, 0.2) is 42.1 Å². The number of methoxy groups -OCH3 is 2. The number of benzene rings is 1. The van der Waals surface area contributed by atoms with Crippen molar-refractivity contribution in [2.45, 2.75) is 44.5 Å². The number of aliphatic hydroxyl groups is 1. The van der Waals surface area contributed by atoms with Gasteiger partial charge in [0.25, 0.3) is 0 Å². The summed E-state index contributed by atoms with van der Waals surface area (Å²) >= 11 is 0. The summed E-state index contributed by atoms with van der Waals surface area (Å²) in [4.78, 5) is 11.8. The van der Waals surface area contributed by atoms with E-state index in [1.165, 1.54) is 20.3 Å². The molecule has 0 amide bonds. The lowest BCUT2D eigenvalue weighted by Gasteiger charge is -2.24. The van der Waals surface area contributed by atoms with E-state index in [4.69, 9.17) is 18.9 Å². The molecular formula is C19H27NO6. The van der Waals surface area contributed by atoms with E-state index in [0.717, 1.165) is 5.56 Å². The summed E-state index contributed by atoms with van der Waals surface area (Å²) in [6.07, 6.45) is -0.946. The Kier molecular flexibility index (Phi) is 7.16. The van der Waals surface area contributed by atoms with Crippen LogP contribution in [0, 0.1) is 0 Å². The molecule has 1 saturated heterocycles. The maximum atomic E-state index is 11.8. The van der Waals surface area contributed by atoms with Gasteiger partial charge in [0, 0.05) is 19.7 Å². The van der Waals surface area contributed by atoms with Gasteiger partial charge in [0.1, 0.15) is 18.3 Å². The zero-order valence-corrected chi connectivity index (χ0v) is 15.6. The highest BCUT2D eigenvalue weighted by molar-refractivity contribution is 5.82. The standard InChI is InChI=1S/C19H27NO6/c1-19(2)25-17(18(26-19)15(21)12-23-3)14(10-16(22)24-4)20-11-13-8-6-5-7-9-13/h5-10,15,17-18,20-21H,11-12H2,1-4H3/b14-10-/t15-,17+,18-/m1/s1. The van der Waals surface area contributed by atoms with E-state index in [2.05, 4.69) is 5.32 Å². The lowest BCUT2D eigenvalue weighted by molar-refractivity contribution is -0.157. The number of rotatable bonds is 8. The number of hydrogen-bond donors (Lipinski definition) is 2. The molecule has 0 aromatic heterocycles. The number of esters is 1. The predicted molar refractivity (Wildman–Crippen MR) is 95.1 cm³/mol. The van der Waals surface area contributed by atoms with E-state index in [-0.39, 0.29) is 6.61 Å². The third kappa shape index (κ3) is 5.54. The molecule has 26 heavy (non-hydrogen) atoms. The highest BCUT2D eigenvalue weighted by Gasteiger charge is 2.46. The number of ether oxygens (including phenoxy) is 4. The lowest BCUT2D eigenvalue weighted by atomic mass is 10.0. The molecule has 7 heteroatoms. The van der Waals surface area contributed by atoms with Gasteiger partial charge >= 0.3 is 5.97 Å². The van der Waals surface area contributed by atoms with Crippen LogP contribution in [-0.4, -0.2) is 56.0 Å². The topological polar surface area (TPSA) is 86.3 Å². The van der Waals surface area contributed by atoms with Crippen molar-refractivity contribution in [3.05, 3.63) is 47.7 Å². The third-order valence-electron chi connectivity index (χ3n) is 3.97. The van der Waals surface area contributed by atoms with Crippen molar-refractivity contribution in [1.82, 2.24) is 5.32 Å². The van der Waals surface area contributed by atoms with Crippen LogP contribution in [0.3, 0.4) is 0 Å². The van der Waals surface area contributed by atoms with Crippen LogP contribution in [0.2, 0.25) is 0 Å². The average molecular weight is 365 g/mol. The van der Waals surface area contributed by atoms with Crippen molar-refractivity contribution in [1.29, 1.82) is 0 Å². The number of hydrogen-bond acceptors (Lipinski definition) is 7. The number of carbonyl (C=O) groups excluding carboxylic acids is 1. The fourth-order valence-electron chi connectivity index (χ4n) is 2.80. The first-order valence-electron chi connectivity index (χ1n) is 8.46. The summed E-state index contributed by atoms with van der Waals surface area (Å²) in [6, 6.07) is 9.74. The van der Waals surface area contributed by atoms with Crippen molar-refractivity contribution in [2.75, 3.05) is 20.8 Å². The molecule has 0 bridgehead atoms. The Morgan fingerprint density at radius 2 is 2.00 bits per heavy atom. The smallest absolute Gasteiger partial charge is 0.332 e. The van der Waals surface area contributed by atoms with Crippen LogP contribution in [0.5, 0.6) is 0 Å². The molecule has 2 rings (SSSR count). The Morgan fingerprint density at radius 3 is 2.62 bits per heavy atom. The number of carbonyl (C=O) groups is 1.